The van der Waals surface area contributed by atoms with Crippen molar-refractivity contribution in [3.8, 4) is 11.5 Å². The quantitative estimate of drug-likeness (QED) is 0.783. The van der Waals surface area contributed by atoms with Crippen molar-refractivity contribution in [1.82, 2.24) is 0 Å². The van der Waals surface area contributed by atoms with Gasteiger partial charge in [0, 0.05) is 6.07 Å². The molecule has 5 heteroatoms. The molecule has 2 rings (SSSR count). The van der Waals surface area contributed by atoms with Gasteiger partial charge in [0.1, 0.15) is 56.1 Å². The predicted molar refractivity (Wildman–Crippen MR) is 80.1 cm³/mol. The number of hydrogen-bond acceptors (Lipinski definition) is 4. The normalized spacial score (nSPS) is 27.1. The molecule has 0 radical (unpaired) electrons. The predicted octanol–water partition coefficient (Wildman–Crippen LogP) is 0.127. The van der Waals surface area contributed by atoms with Gasteiger partial charge in [0.05, 0.1) is 7.11 Å². The Morgan fingerprint density at radius 1 is 1.29 bits per heavy atom. The number of aliphatic hydroxyl groups is 1. The van der Waals surface area contributed by atoms with Gasteiger partial charge in [0.2, 0.25) is 0 Å². The Morgan fingerprint density at radius 2 is 1.95 bits per heavy atom. The van der Waals surface area contributed by atoms with Crippen molar-refractivity contribution in [1.29, 1.82) is 0 Å². The van der Waals surface area contributed by atoms with Crippen LogP contribution in [0.2, 0.25) is 0 Å². The SMILES string of the molecule is COc1cccc(OCC(O)C[NH+]2CC(C)OC(C)C2)c1. The summed E-state index contributed by atoms with van der Waals surface area (Å²) in [6.45, 7) is 6.99. The van der Waals surface area contributed by atoms with Gasteiger partial charge >= 0.3 is 0 Å². The summed E-state index contributed by atoms with van der Waals surface area (Å²) in [4.78, 5) is 1.36. The zero-order chi connectivity index (χ0) is 15.2. The fourth-order valence-electron chi connectivity index (χ4n) is 2.83. The smallest absolute Gasteiger partial charge is 0.137 e. The van der Waals surface area contributed by atoms with E-state index >= 15 is 0 Å². The molecule has 1 aliphatic heterocycles. The number of aliphatic hydroxyl groups excluding tert-OH is 1. The van der Waals surface area contributed by atoms with Crippen LogP contribution < -0.4 is 14.4 Å². The Bertz CT molecular complexity index is 430. The molecule has 0 amide bonds. The second kappa shape index (κ2) is 7.64. The van der Waals surface area contributed by atoms with Gasteiger partial charge in [0.15, 0.2) is 0 Å². The zero-order valence-electron chi connectivity index (χ0n) is 13.0. The fourth-order valence-corrected chi connectivity index (χ4v) is 2.83. The Balaban J connectivity index is 1.77. The first-order valence-corrected chi connectivity index (χ1v) is 7.50. The standard InChI is InChI=1S/C16H25NO4/c1-12-8-17(9-13(2)21-12)10-14(18)11-20-16-6-4-5-15(7-16)19-3/h4-7,12-14,18H,8-11H2,1-3H3/p+1. The van der Waals surface area contributed by atoms with Crippen LogP contribution in [0, 0.1) is 0 Å². The molecule has 1 heterocycles. The Labute approximate surface area is 126 Å². The molecule has 1 aromatic rings. The number of morpholine rings is 1. The van der Waals surface area contributed by atoms with Crippen molar-refractivity contribution in [3.63, 3.8) is 0 Å². The molecule has 118 valence electrons. The highest BCUT2D eigenvalue weighted by Gasteiger charge is 2.27. The highest BCUT2D eigenvalue weighted by atomic mass is 16.5. The van der Waals surface area contributed by atoms with Crippen molar-refractivity contribution in [3.05, 3.63) is 24.3 Å². The highest BCUT2D eigenvalue weighted by Crippen LogP contribution is 2.18. The molecule has 0 spiro atoms. The van der Waals surface area contributed by atoms with E-state index in [9.17, 15) is 5.11 Å². The number of quaternary nitrogens is 1. The van der Waals surface area contributed by atoms with Crippen LogP contribution in [0.5, 0.6) is 11.5 Å². The molecule has 1 fully saturated rings. The summed E-state index contributed by atoms with van der Waals surface area (Å²) < 4.78 is 16.5. The van der Waals surface area contributed by atoms with E-state index < -0.39 is 6.10 Å². The topological polar surface area (TPSA) is 52.4 Å². The molecular weight excluding hydrogens is 270 g/mol. The lowest BCUT2D eigenvalue weighted by Gasteiger charge is -2.33. The first-order valence-electron chi connectivity index (χ1n) is 7.50. The summed E-state index contributed by atoms with van der Waals surface area (Å²) in [5.74, 6) is 1.47. The Hall–Kier alpha value is -1.30. The van der Waals surface area contributed by atoms with Crippen molar-refractivity contribution in [2.24, 2.45) is 0 Å². The number of hydrogen-bond donors (Lipinski definition) is 2. The maximum Gasteiger partial charge on any atom is 0.137 e. The number of methoxy groups -OCH3 is 1. The lowest BCUT2D eigenvalue weighted by atomic mass is 10.2. The fraction of sp³-hybridized carbons (Fsp3) is 0.625. The average molecular weight is 296 g/mol. The molecule has 3 atom stereocenters. The van der Waals surface area contributed by atoms with Gasteiger partial charge in [-0.3, -0.25) is 0 Å². The molecule has 3 unspecified atom stereocenters. The third-order valence-electron chi connectivity index (χ3n) is 3.62. The molecule has 0 bridgehead atoms. The summed E-state index contributed by atoms with van der Waals surface area (Å²) in [5, 5.41) is 10.1. The molecule has 0 aromatic heterocycles. The van der Waals surface area contributed by atoms with Gasteiger partial charge in [0.25, 0.3) is 0 Å². The molecule has 21 heavy (non-hydrogen) atoms. The maximum absolute atomic E-state index is 10.1. The van der Waals surface area contributed by atoms with E-state index in [1.807, 2.05) is 24.3 Å². The number of ether oxygens (including phenoxy) is 3. The molecule has 1 aromatic carbocycles. The molecule has 0 saturated carbocycles. The molecule has 1 saturated heterocycles. The van der Waals surface area contributed by atoms with Crippen LogP contribution in [0.4, 0.5) is 0 Å². The van der Waals surface area contributed by atoms with Gasteiger partial charge in [-0.25, -0.2) is 0 Å². The van der Waals surface area contributed by atoms with Crippen LogP contribution in [0.15, 0.2) is 24.3 Å². The number of nitrogens with one attached hydrogen (secondary N) is 1. The van der Waals surface area contributed by atoms with E-state index in [0.29, 0.717) is 18.9 Å². The maximum atomic E-state index is 10.1. The van der Waals surface area contributed by atoms with Gasteiger partial charge < -0.3 is 24.2 Å². The van der Waals surface area contributed by atoms with E-state index in [2.05, 4.69) is 13.8 Å². The van der Waals surface area contributed by atoms with Crippen LogP contribution >= 0.6 is 0 Å². The molecular formula is C16H26NO4+. The summed E-state index contributed by atoms with van der Waals surface area (Å²) in [6.07, 6.45) is 0.00852. The van der Waals surface area contributed by atoms with Crippen LogP contribution in [0.3, 0.4) is 0 Å². The van der Waals surface area contributed by atoms with Gasteiger partial charge in [-0.2, -0.15) is 0 Å². The summed E-state index contributed by atoms with van der Waals surface area (Å²) >= 11 is 0. The zero-order valence-corrected chi connectivity index (χ0v) is 13.0. The number of rotatable bonds is 6. The third kappa shape index (κ3) is 5.19. The highest BCUT2D eigenvalue weighted by molar-refractivity contribution is 5.32. The summed E-state index contributed by atoms with van der Waals surface area (Å²) in [7, 11) is 1.62. The minimum Gasteiger partial charge on any atom is -0.497 e. The van der Waals surface area contributed by atoms with Crippen molar-refractivity contribution >= 4 is 0 Å². The lowest BCUT2D eigenvalue weighted by Crippen LogP contribution is -3.16. The van der Waals surface area contributed by atoms with E-state index in [-0.39, 0.29) is 12.2 Å². The second-order valence-corrected chi connectivity index (χ2v) is 5.76. The van der Waals surface area contributed by atoms with Crippen molar-refractivity contribution in [2.75, 3.05) is 33.4 Å². The van der Waals surface area contributed by atoms with Gasteiger partial charge in [-0.15, -0.1) is 0 Å². The summed E-state index contributed by atoms with van der Waals surface area (Å²) in [6, 6.07) is 7.42. The second-order valence-electron chi connectivity index (χ2n) is 5.76. The first-order chi connectivity index (χ1) is 10.1. The van der Waals surface area contributed by atoms with Gasteiger partial charge in [-0.1, -0.05) is 6.07 Å². The monoisotopic (exact) mass is 296 g/mol. The lowest BCUT2D eigenvalue weighted by molar-refractivity contribution is -0.918. The molecule has 0 aliphatic carbocycles. The van der Waals surface area contributed by atoms with Crippen LogP contribution in [-0.2, 0) is 4.74 Å². The Kier molecular flexibility index (Phi) is 5.85. The molecule has 2 N–H and O–H groups in total. The van der Waals surface area contributed by atoms with Gasteiger partial charge in [-0.05, 0) is 26.0 Å². The molecule has 5 nitrogen and oxygen atoms in total. The molecule has 1 aliphatic rings. The van der Waals surface area contributed by atoms with E-state index in [0.717, 1.165) is 18.8 Å². The van der Waals surface area contributed by atoms with Crippen LogP contribution in [-0.4, -0.2) is 56.8 Å². The third-order valence-corrected chi connectivity index (χ3v) is 3.62. The average Bonchev–Trinajstić information content (AvgIpc) is 2.44. The Morgan fingerprint density at radius 3 is 2.62 bits per heavy atom. The first kappa shape index (κ1) is 16.1. The minimum absolute atomic E-state index is 0.246. The van der Waals surface area contributed by atoms with Crippen LogP contribution in [0.25, 0.3) is 0 Å². The van der Waals surface area contributed by atoms with Crippen LogP contribution in [0.1, 0.15) is 13.8 Å². The summed E-state index contributed by atoms with van der Waals surface area (Å²) in [5.41, 5.74) is 0. The minimum atomic E-state index is -0.483. The van der Waals surface area contributed by atoms with E-state index in [1.165, 1.54) is 4.90 Å². The van der Waals surface area contributed by atoms with E-state index in [4.69, 9.17) is 14.2 Å². The van der Waals surface area contributed by atoms with Crippen molar-refractivity contribution < 1.29 is 24.2 Å². The number of benzene rings is 1. The van der Waals surface area contributed by atoms with E-state index in [1.54, 1.807) is 7.11 Å². The largest absolute Gasteiger partial charge is 0.497 e. The van der Waals surface area contributed by atoms with Crippen molar-refractivity contribution in [2.45, 2.75) is 32.2 Å².